The lowest BCUT2D eigenvalue weighted by Crippen LogP contribution is -2.48. The number of hydrogen-bond donors (Lipinski definition) is 1. The number of nitrogens with one attached hydrogen (secondary N) is 1. The van der Waals surface area contributed by atoms with E-state index in [-0.39, 0.29) is 6.04 Å². The fourth-order valence-corrected chi connectivity index (χ4v) is 6.03. The van der Waals surface area contributed by atoms with Crippen molar-refractivity contribution >= 4 is 29.2 Å². The molecule has 3 heteroatoms. The van der Waals surface area contributed by atoms with Crippen molar-refractivity contribution in [3.63, 3.8) is 0 Å². The molecule has 1 heterocycles. The second kappa shape index (κ2) is 7.82. The average Bonchev–Trinajstić information content (AvgIpc) is 3.29. The van der Waals surface area contributed by atoms with Gasteiger partial charge in [-0.05, 0) is 51.4 Å². The maximum absolute atomic E-state index is 6.76. The molecule has 6 rings (SSSR count). The summed E-state index contributed by atoms with van der Waals surface area (Å²) in [5.41, 5.74) is 1.97. The zero-order chi connectivity index (χ0) is 20.7. The van der Waals surface area contributed by atoms with Crippen molar-refractivity contribution in [2.75, 3.05) is 0 Å². The normalized spacial score (nSPS) is 21.4. The smallest absolute Gasteiger partial charge is 0.397 e. The lowest BCUT2D eigenvalue weighted by Gasteiger charge is -2.42. The Morgan fingerprint density at radius 2 is 1.23 bits per heavy atom. The molecule has 0 aromatic heterocycles. The Hall–Kier alpha value is -2.62. The van der Waals surface area contributed by atoms with Crippen molar-refractivity contribution < 1.29 is 4.65 Å². The zero-order valence-corrected chi connectivity index (χ0v) is 17.8. The van der Waals surface area contributed by atoms with Crippen LogP contribution in [0.5, 0.6) is 0 Å². The first kappa shape index (κ1) is 19.1. The maximum Gasteiger partial charge on any atom is 0.397 e. The average molecular weight is 404 g/mol. The molecule has 1 N–H and O–H groups in total. The minimum Gasteiger partial charge on any atom is -0.409 e. The van der Waals surface area contributed by atoms with Crippen LogP contribution in [0.15, 0.2) is 84.9 Å². The quantitative estimate of drug-likeness (QED) is 0.403. The molecule has 153 valence electrons. The van der Waals surface area contributed by atoms with Gasteiger partial charge >= 0.3 is 7.62 Å². The Bertz CT molecular complexity index is 1140. The monoisotopic (exact) mass is 404 g/mol. The van der Waals surface area contributed by atoms with E-state index in [4.69, 9.17) is 4.65 Å². The summed E-state index contributed by atoms with van der Waals surface area (Å²) < 4.78 is 6.76. The number of rotatable bonds is 3. The summed E-state index contributed by atoms with van der Waals surface area (Å²) in [6.45, 7) is 0. The highest BCUT2D eigenvalue weighted by Gasteiger charge is 2.51. The molecular weight excluding hydrogens is 377 g/mol. The van der Waals surface area contributed by atoms with E-state index in [1.807, 2.05) is 7.62 Å². The molecule has 2 fully saturated rings. The number of fused-ring (bicyclic) bond motifs is 2. The Morgan fingerprint density at radius 3 is 1.84 bits per heavy atom. The standard InChI is InChI=1S/C28H27BNO/c1-2-12-22(13-3-1)27-28(31-29-30-27,25-18-8-14-20-10-4-6-16-23(20)25)26-19-9-15-21-11-5-7-17-24(21)26/h4-11,14-19,22,27,30H,1-3,12-13H2. The van der Waals surface area contributed by atoms with Gasteiger partial charge in [-0.25, -0.2) is 0 Å². The molecule has 1 unspecified atom stereocenters. The summed E-state index contributed by atoms with van der Waals surface area (Å²) in [7, 11) is 1.86. The highest BCUT2D eigenvalue weighted by molar-refractivity contribution is 6.25. The van der Waals surface area contributed by atoms with Gasteiger partial charge in [0, 0.05) is 6.04 Å². The summed E-state index contributed by atoms with van der Waals surface area (Å²) in [4.78, 5) is 0. The van der Waals surface area contributed by atoms with Crippen LogP contribution in [0.2, 0.25) is 0 Å². The van der Waals surface area contributed by atoms with Crippen molar-refractivity contribution in [2.24, 2.45) is 5.92 Å². The van der Waals surface area contributed by atoms with E-state index in [9.17, 15) is 0 Å². The van der Waals surface area contributed by atoms with Crippen LogP contribution in [0.4, 0.5) is 0 Å². The second-order valence-corrected chi connectivity index (χ2v) is 9.07. The first-order valence-electron chi connectivity index (χ1n) is 11.6. The molecular formula is C28H27BNO. The van der Waals surface area contributed by atoms with E-state index >= 15 is 0 Å². The van der Waals surface area contributed by atoms with Crippen LogP contribution in [0, 0.1) is 5.92 Å². The third-order valence-electron chi connectivity index (χ3n) is 7.43. The van der Waals surface area contributed by atoms with Gasteiger partial charge in [-0.2, -0.15) is 0 Å². The Balaban J connectivity index is 1.66. The third-order valence-corrected chi connectivity index (χ3v) is 7.43. The lowest BCUT2D eigenvalue weighted by atomic mass is 9.69. The van der Waals surface area contributed by atoms with Crippen molar-refractivity contribution in [3.05, 3.63) is 96.1 Å². The summed E-state index contributed by atoms with van der Waals surface area (Å²) in [6, 6.07) is 31.0. The SMILES string of the molecule is [B]1NC(C2CCCCC2)C(c2cccc3ccccc23)(c2cccc3ccccc23)O1. The molecule has 0 spiro atoms. The van der Waals surface area contributed by atoms with Crippen LogP contribution >= 0.6 is 0 Å². The van der Waals surface area contributed by atoms with Crippen LogP contribution in [-0.4, -0.2) is 13.7 Å². The van der Waals surface area contributed by atoms with E-state index in [1.54, 1.807) is 0 Å². The summed E-state index contributed by atoms with van der Waals surface area (Å²) >= 11 is 0. The van der Waals surface area contributed by atoms with Crippen molar-refractivity contribution in [3.8, 4) is 0 Å². The summed E-state index contributed by atoms with van der Waals surface area (Å²) in [5.74, 6) is 0.588. The molecule has 0 bridgehead atoms. The maximum atomic E-state index is 6.76. The van der Waals surface area contributed by atoms with Gasteiger partial charge in [0.05, 0.1) is 0 Å². The fourth-order valence-electron chi connectivity index (χ4n) is 6.03. The molecule has 1 aliphatic heterocycles. The van der Waals surface area contributed by atoms with Crippen LogP contribution in [0.1, 0.15) is 43.2 Å². The van der Waals surface area contributed by atoms with Crippen LogP contribution < -0.4 is 5.23 Å². The molecule has 31 heavy (non-hydrogen) atoms. The van der Waals surface area contributed by atoms with E-state index in [1.165, 1.54) is 64.8 Å². The highest BCUT2D eigenvalue weighted by Crippen LogP contribution is 2.49. The van der Waals surface area contributed by atoms with Crippen molar-refractivity contribution in [2.45, 2.75) is 43.7 Å². The van der Waals surface area contributed by atoms with E-state index in [0.29, 0.717) is 5.92 Å². The first-order valence-corrected chi connectivity index (χ1v) is 11.6. The second-order valence-electron chi connectivity index (χ2n) is 9.07. The predicted molar refractivity (Wildman–Crippen MR) is 129 cm³/mol. The molecule has 1 saturated carbocycles. The predicted octanol–water partition coefficient (Wildman–Crippen LogP) is 6.34. The summed E-state index contributed by atoms with van der Waals surface area (Å²) in [6.07, 6.45) is 6.48. The van der Waals surface area contributed by atoms with Gasteiger partial charge in [0.2, 0.25) is 0 Å². The summed E-state index contributed by atoms with van der Waals surface area (Å²) in [5, 5.41) is 8.77. The van der Waals surface area contributed by atoms with Gasteiger partial charge in [0.15, 0.2) is 0 Å². The highest BCUT2D eigenvalue weighted by atomic mass is 16.5. The van der Waals surface area contributed by atoms with Crippen molar-refractivity contribution in [1.82, 2.24) is 5.23 Å². The molecule has 1 atom stereocenters. The first-order chi connectivity index (χ1) is 15.4. The van der Waals surface area contributed by atoms with Crippen LogP contribution in [0.3, 0.4) is 0 Å². The third kappa shape index (κ3) is 3.02. The van der Waals surface area contributed by atoms with Crippen LogP contribution in [-0.2, 0) is 10.3 Å². The molecule has 1 aliphatic carbocycles. The number of benzene rings is 4. The zero-order valence-electron chi connectivity index (χ0n) is 17.8. The van der Waals surface area contributed by atoms with E-state index < -0.39 is 5.60 Å². The molecule has 1 radical (unpaired) electrons. The fraction of sp³-hybridized carbons (Fsp3) is 0.286. The lowest BCUT2D eigenvalue weighted by molar-refractivity contribution is 0.0832. The Morgan fingerprint density at radius 1 is 0.677 bits per heavy atom. The van der Waals surface area contributed by atoms with Gasteiger partial charge in [0.1, 0.15) is 5.60 Å². The Kier molecular flexibility index (Phi) is 4.82. The molecule has 2 nitrogen and oxygen atoms in total. The molecule has 2 aliphatic rings. The van der Waals surface area contributed by atoms with Gasteiger partial charge < -0.3 is 9.88 Å². The van der Waals surface area contributed by atoms with E-state index in [2.05, 4.69) is 90.2 Å². The van der Waals surface area contributed by atoms with E-state index in [0.717, 1.165) is 0 Å². The van der Waals surface area contributed by atoms with Crippen molar-refractivity contribution in [1.29, 1.82) is 0 Å². The largest absolute Gasteiger partial charge is 0.409 e. The molecule has 0 amide bonds. The Labute approximate surface area is 184 Å². The van der Waals surface area contributed by atoms with Crippen LogP contribution in [0.25, 0.3) is 21.5 Å². The van der Waals surface area contributed by atoms with Gasteiger partial charge in [-0.15, -0.1) is 0 Å². The molecule has 4 aromatic carbocycles. The molecule has 1 saturated heterocycles. The van der Waals surface area contributed by atoms with Gasteiger partial charge in [-0.1, -0.05) is 104 Å². The topological polar surface area (TPSA) is 21.3 Å². The van der Waals surface area contributed by atoms with Gasteiger partial charge in [-0.3, -0.25) is 0 Å². The molecule has 4 aromatic rings. The van der Waals surface area contributed by atoms with Gasteiger partial charge in [0.25, 0.3) is 0 Å². The minimum absolute atomic E-state index is 0.212. The minimum atomic E-state index is -0.552. The number of hydrogen-bond acceptors (Lipinski definition) is 2.